The van der Waals surface area contributed by atoms with Gasteiger partial charge in [0.25, 0.3) is 0 Å². The van der Waals surface area contributed by atoms with E-state index in [0.29, 0.717) is 12.0 Å². The fraction of sp³-hybridized carbons (Fsp3) is 0.533. The third-order valence-electron chi connectivity index (χ3n) is 4.05. The SMILES string of the molecule is Cl.O=C(NC1CCCNC1)C1CC1c1cccc(Cl)c1. The number of hydrogen-bond donors (Lipinski definition) is 2. The first-order chi connectivity index (χ1) is 9.24. The van der Waals surface area contributed by atoms with Crippen molar-refractivity contribution in [2.45, 2.75) is 31.2 Å². The summed E-state index contributed by atoms with van der Waals surface area (Å²) in [6.45, 7) is 1.97. The summed E-state index contributed by atoms with van der Waals surface area (Å²) in [6, 6.07) is 8.17. The molecule has 2 N–H and O–H groups in total. The number of carbonyl (C=O) groups excluding carboxylic acids is 1. The van der Waals surface area contributed by atoms with Crippen molar-refractivity contribution in [3.63, 3.8) is 0 Å². The van der Waals surface area contributed by atoms with Crippen LogP contribution in [0, 0.1) is 5.92 Å². The predicted octanol–water partition coefficient (Wildman–Crippen LogP) is 2.73. The maximum absolute atomic E-state index is 12.2. The minimum absolute atomic E-state index is 0. The summed E-state index contributed by atoms with van der Waals surface area (Å²) in [6.07, 6.45) is 3.19. The summed E-state index contributed by atoms with van der Waals surface area (Å²) < 4.78 is 0. The van der Waals surface area contributed by atoms with Gasteiger partial charge in [0.2, 0.25) is 5.91 Å². The Balaban J connectivity index is 0.00000147. The van der Waals surface area contributed by atoms with Gasteiger partial charge in [-0.2, -0.15) is 0 Å². The van der Waals surface area contributed by atoms with Crippen molar-refractivity contribution < 1.29 is 4.79 Å². The zero-order valence-electron chi connectivity index (χ0n) is 11.3. The number of halogens is 2. The van der Waals surface area contributed by atoms with Gasteiger partial charge in [0.05, 0.1) is 0 Å². The Hall–Kier alpha value is -0.770. The summed E-state index contributed by atoms with van der Waals surface area (Å²) in [7, 11) is 0. The molecule has 0 spiro atoms. The van der Waals surface area contributed by atoms with Crippen LogP contribution >= 0.6 is 24.0 Å². The van der Waals surface area contributed by atoms with Gasteiger partial charge in [-0.1, -0.05) is 23.7 Å². The standard InChI is InChI=1S/C15H19ClN2O.ClH/c16-11-4-1-3-10(7-11)13-8-14(13)15(19)18-12-5-2-6-17-9-12;/h1,3-4,7,12-14,17H,2,5-6,8-9H2,(H,18,19);1H. The van der Waals surface area contributed by atoms with Crippen LogP contribution in [0.1, 0.15) is 30.7 Å². The van der Waals surface area contributed by atoms with Gasteiger partial charge in [0.1, 0.15) is 0 Å². The first kappa shape index (κ1) is 15.6. The summed E-state index contributed by atoms with van der Waals surface area (Å²) in [5, 5.41) is 7.23. The third kappa shape index (κ3) is 3.66. The van der Waals surface area contributed by atoms with Crippen LogP contribution in [0.4, 0.5) is 0 Å². The van der Waals surface area contributed by atoms with Crippen molar-refractivity contribution in [2.24, 2.45) is 5.92 Å². The van der Waals surface area contributed by atoms with Gasteiger partial charge in [-0.15, -0.1) is 12.4 Å². The molecule has 0 bridgehead atoms. The lowest BCUT2D eigenvalue weighted by molar-refractivity contribution is -0.123. The van der Waals surface area contributed by atoms with Crippen molar-refractivity contribution in [3.05, 3.63) is 34.9 Å². The molecule has 1 heterocycles. The van der Waals surface area contributed by atoms with Gasteiger partial charge >= 0.3 is 0 Å². The lowest BCUT2D eigenvalue weighted by atomic mass is 10.1. The molecule has 3 unspecified atom stereocenters. The first-order valence-corrected chi connectivity index (χ1v) is 7.38. The minimum atomic E-state index is 0. The molecule has 3 atom stereocenters. The number of piperidine rings is 1. The van der Waals surface area contributed by atoms with Crippen molar-refractivity contribution in [2.75, 3.05) is 13.1 Å². The van der Waals surface area contributed by atoms with Crippen LogP contribution in [0.3, 0.4) is 0 Å². The predicted molar refractivity (Wildman–Crippen MR) is 83.6 cm³/mol. The Morgan fingerprint density at radius 1 is 1.40 bits per heavy atom. The first-order valence-electron chi connectivity index (χ1n) is 7.00. The van der Waals surface area contributed by atoms with Crippen LogP contribution < -0.4 is 10.6 Å². The monoisotopic (exact) mass is 314 g/mol. The van der Waals surface area contributed by atoms with E-state index in [-0.39, 0.29) is 24.2 Å². The molecule has 3 rings (SSSR count). The maximum atomic E-state index is 12.2. The maximum Gasteiger partial charge on any atom is 0.224 e. The van der Waals surface area contributed by atoms with E-state index >= 15 is 0 Å². The molecule has 20 heavy (non-hydrogen) atoms. The van der Waals surface area contributed by atoms with Crippen LogP contribution in [-0.4, -0.2) is 25.0 Å². The highest BCUT2D eigenvalue weighted by Crippen LogP contribution is 2.48. The molecule has 1 amide bonds. The van der Waals surface area contributed by atoms with E-state index in [1.54, 1.807) is 0 Å². The molecule has 1 aliphatic heterocycles. The molecular weight excluding hydrogens is 295 g/mol. The number of rotatable bonds is 3. The van der Waals surface area contributed by atoms with Crippen LogP contribution in [-0.2, 0) is 4.79 Å². The zero-order valence-corrected chi connectivity index (χ0v) is 12.8. The molecule has 110 valence electrons. The van der Waals surface area contributed by atoms with E-state index in [9.17, 15) is 4.79 Å². The van der Waals surface area contributed by atoms with Crippen LogP contribution in [0.15, 0.2) is 24.3 Å². The molecular formula is C15H20Cl2N2O. The smallest absolute Gasteiger partial charge is 0.224 e. The highest BCUT2D eigenvalue weighted by Gasteiger charge is 2.44. The Kier molecular flexibility index (Phi) is 5.30. The molecule has 1 aliphatic carbocycles. The lowest BCUT2D eigenvalue weighted by Crippen LogP contribution is -2.46. The van der Waals surface area contributed by atoms with Gasteiger partial charge in [0.15, 0.2) is 0 Å². The van der Waals surface area contributed by atoms with Crippen molar-refractivity contribution in [1.29, 1.82) is 0 Å². The topological polar surface area (TPSA) is 41.1 Å². The van der Waals surface area contributed by atoms with Crippen molar-refractivity contribution in [1.82, 2.24) is 10.6 Å². The second kappa shape index (κ2) is 6.79. The number of nitrogens with one attached hydrogen (secondary N) is 2. The van der Waals surface area contributed by atoms with Crippen LogP contribution in [0.5, 0.6) is 0 Å². The molecule has 1 saturated carbocycles. The van der Waals surface area contributed by atoms with E-state index in [1.165, 1.54) is 5.56 Å². The Morgan fingerprint density at radius 3 is 2.95 bits per heavy atom. The van der Waals surface area contributed by atoms with Crippen molar-refractivity contribution in [3.8, 4) is 0 Å². The van der Waals surface area contributed by atoms with Crippen LogP contribution in [0.25, 0.3) is 0 Å². The number of benzene rings is 1. The number of amides is 1. The van der Waals surface area contributed by atoms with Gasteiger partial charge in [0, 0.05) is 23.5 Å². The Labute approximate surface area is 130 Å². The quantitative estimate of drug-likeness (QED) is 0.900. The van der Waals surface area contributed by atoms with Gasteiger partial charge in [-0.25, -0.2) is 0 Å². The zero-order chi connectivity index (χ0) is 13.2. The summed E-state index contributed by atoms with van der Waals surface area (Å²) in [4.78, 5) is 12.2. The molecule has 1 aromatic rings. The van der Waals surface area contributed by atoms with E-state index in [2.05, 4.69) is 16.7 Å². The van der Waals surface area contributed by atoms with E-state index in [1.807, 2.05) is 18.2 Å². The number of hydrogen-bond acceptors (Lipinski definition) is 2. The molecule has 2 fully saturated rings. The van der Waals surface area contributed by atoms with E-state index in [4.69, 9.17) is 11.6 Å². The normalized spacial score (nSPS) is 28.4. The van der Waals surface area contributed by atoms with E-state index < -0.39 is 0 Å². The second-order valence-corrected chi connectivity index (χ2v) is 5.99. The molecule has 2 aliphatic rings. The molecule has 0 radical (unpaired) electrons. The average molecular weight is 315 g/mol. The fourth-order valence-electron chi connectivity index (χ4n) is 2.87. The van der Waals surface area contributed by atoms with Gasteiger partial charge < -0.3 is 10.6 Å². The van der Waals surface area contributed by atoms with Crippen molar-refractivity contribution >= 4 is 29.9 Å². The third-order valence-corrected chi connectivity index (χ3v) is 4.28. The summed E-state index contributed by atoms with van der Waals surface area (Å²) in [5.74, 6) is 0.703. The lowest BCUT2D eigenvalue weighted by Gasteiger charge is -2.23. The largest absolute Gasteiger partial charge is 0.352 e. The Morgan fingerprint density at radius 2 is 2.25 bits per heavy atom. The number of carbonyl (C=O) groups is 1. The minimum Gasteiger partial charge on any atom is -0.352 e. The molecule has 1 saturated heterocycles. The average Bonchev–Trinajstić information content (AvgIpc) is 3.20. The molecule has 1 aromatic carbocycles. The van der Waals surface area contributed by atoms with Gasteiger partial charge in [-0.05, 0) is 49.4 Å². The molecule has 3 nitrogen and oxygen atoms in total. The highest BCUT2D eigenvalue weighted by molar-refractivity contribution is 6.30. The molecule has 0 aromatic heterocycles. The van der Waals surface area contributed by atoms with Crippen LogP contribution in [0.2, 0.25) is 5.02 Å². The van der Waals surface area contributed by atoms with Gasteiger partial charge in [-0.3, -0.25) is 4.79 Å². The summed E-state index contributed by atoms with van der Waals surface area (Å²) >= 11 is 5.99. The Bertz CT molecular complexity index is 475. The molecule has 5 heteroatoms. The summed E-state index contributed by atoms with van der Waals surface area (Å²) in [5.41, 5.74) is 1.19. The fourth-order valence-corrected chi connectivity index (χ4v) is 3.07. The second-order valence-electron chi connectivity index (χ2n) is 5.56. The van der Waals surface area contributed by atoms with E-state index in [0.717, 1.165) is 37.4 Å². The highest BCUT2D eigenvalue weighted by atomic mass is 35.5.